The highest BCUT2D eigenvalue weighted by molar-refractivity contribution is 7.89. The molecule has 0 spiro atoms. The third-order valence-corrected chi connectivity index (χ3v) is 6.55. The van der Waals surface area contributed by atoms with Gasteiger partial charge in [0.15, 0.2) is 0 Å². The van der Waals surface area contributed by atoms with Crippen LogP contribution < -0.4 is 4.72 Å². The predicted molar refractivity (Wildman–Crippen MR) is 117 cm³/mol. The van der Waals surface area contributed by atoms with Crippen LogP contribution in [0.3, 0.4) is 0 Å². The Balaban J connectivity index is 1.75. The number of hydrogen-bond acceptors (Lipinski definition) is 5. The van der Waals surface area contributed by atoms with Crippen LogP contribution in [0.15, 0.2) is 53.4 Å². The molecule has 0 saturated heterocycles. The monoisotopic (exact) mass is 426 g/mol. The van der Waals surface area contributed by atoms with Gasteiger partial charge in [-0.2, -0.15) is 0 Å². The molecule has 0 saturated carbocycles. The Bertz CT molecular complexity index is 1160. The zero-order chi connectivity index (χ0) is 21.9. The van der Waals surface area contributed by atoms with Gasteiger partial charge in [0.05, 0.1) is 17.0 Å². The molecule has 0 aliphatic rings. The van der Waals surface area contributed by atoms with Crippen molar-refractivity contribution in [2.45, 2.75) is 44.7 Å². The van der Waals surface area contributed by atoms with Gasteiger partial charge in [0.2, 0.25) is 10.0 Å². The highest BCUT2D eigenvalue weighted by atomic mass is 32.2. The lowest BCUT2D eigenvalue weighted by Crippen LogP contribution is -2.32. The van der Waals surface area contributed by atoms with Crippen LogP contribution in [0.1, 0.15) is 42.1 Å². The number of carbonyl (C=O) groups is 1. The molecule has 0 bridgehead atoms. The van der Waals surface area contributed by atoms with Gasteiger partial charge in [0.1, 0.15) is 5.82 Å². The van der Waals surface area contributed by atoms with E-state index in [4.69, 9.17) is 0 Å². The van der Waals surface area contributed by atoms with Gasteiger partial charge in [0, 0.05) is 29.7 Å². The number of sulfonamides is 1. The molecular weight excluding hydrogens is 400 g/mol. The first-order valence-corrected chi connectivity index (χ1v) is 11.3. The van der Waals surface area contributed by atoms with Crippen molar-refractivity contribution in [2.24, 2.45) is 0 Å². The summed E-state index contributed by atoms with van der Waals surface area (Å²) in [6.45, 7) is 5.88. The summed E-state index contributed by atoms with van der Waals surface area (Å²) in [4.78, 5) is 23.5. The number of nitrogens with one attached hydrogen (secondary N) is 1. The minimum Gasteiger partial charge on any atom is -0.334 e. The number of aromatic nitrogens is 2. The van der Waals surface area contributed by atoms with E-state index in [0.29, 0.717) is 17.8 Å². The molecule has 7 nitrogen and oxygen atoms in total. The molecule has 1 amide bonds. The molecular formula is C22H26N4O3S. The van der Waals surface area contributed by atoms with Crippen molar-refractivity contribution < 1.29 is 13.2 Å². The molecule has 2 aromatic carbocycles. The van der Waals surface area contributed by atoms with Crippen LogP contribution in [0.2, 0.25) is 0 Å². The highest BCUT2D eigenvalue weighted by Crippen LogP contribution is 2.17. The lowest BCUT2D eigenvalue weighted by Gasteiger charge is -2.17. The summed E-state index contributed by atoms with van der Waals surface area (Å²) < 4.78 is 27.4. The van der Waals surface area contributed by atoms with Gasteiger partial charge in [-0.1, -0.05) is 25.1 Å². The van der Waals surface area contributed by atoms with Crippen molar-refractivity contribution in [2.75, 3.05) is 7.05 Å². The fourth-order valence-corrected chi connectivity index (χ4v) is 4.39. The van der Waals surface area contributed by atoms with E-state index in [9.17, 15) is 13.2 Å². The van der Waals surface area contributed by atoms with E-state index in [2.05, 4.69) is 14.7 Å². The minimum atomic E-state index is -3.60. The molecule has 1 N–H and O–H groups in total. The number of hydrogen-bond donors (Lipinski definition) is 1. The molecule has 30 heavy (non-hydrogen) atoms. The molecule has 0 radical (unpaired) electrons. The van der Waals surface area contributed by atoms with Gasteiger partial charge in [-0.05, 0) is 50.6 Å². The molecule has 0 aliphatic heterocycles. The van der Waals surface area contributed by atoms with Crippen LogP contribution in [0.25, 0.3) is 10.9 Å². The Morgan fingerprint density at radius 3 is 2.43 bits per heavy atom. The smallest absolute Gasteiger partial charge is 0.254 e. The number of nitrogens with zero attached hydrogens (tertiary/aromatic N) is 3. The van der Waals surface area contributed by atoms with Crippen molar-refractivity contribution in [3.63, 3.8) is 0 Å². The van der Waals surface area contributed by atoms with Crippen molar-refractivity contribution in [3.8, 4) is 0 Å². The van der Waals surface area contributed by atoms with E-state index in [-0.39, 0.29) is 23.4 Å². The Morgan fingerprint density at radius 2 is 1.77 bits per heavy atom. The number of rotatable bonds is 7. The standard InChI is InChI=1S/C22H26N4O3S/c1-5-15(2)25-30(28,29)18-12-10-17(11-13-18)22(27)26(4)14-21-23-16(3)19-8-6-7-9-20(19)24-21/h6-13,15,25H,5,14H2,1-4H3. The van der Waals surface area contributed by atoms with Crippen molar-refractivity contribution in [1.29, 1.82) is 0 Å². The third-order valence-electron chi connectivity index (χ3n) is 4.95. The van der Waals surface area contributed by atoms with E-state index < -0.39 is 10.0 Å². The summed E-state index contributed by atoms with van der Waals surface area (Å²) in [7, 11) is -1.93. The largest absolute Gasteiger partial charge is 0.334 e. The predicted octanol–water partition coefficient (Wildman–Crippen LogP) is 3.29. The number of carbonyl (C=O) groups excluding carboxylic acids is 1. The molecule has 158 valence electrons. The maximum Gasteiger partial charge on any atom is 0.254 e. The SMILES string of the molecule is CCC(C)NS(=O)(=O)c1ccc(C(=O)N(C)Cc2nc(C)c3ccccc3n2)cc1. The van der Waals surface area contributed by atoms with Crippen molar-refractivity contribution in [1.82, 2.24) is 19.6 Å². The van der Waals surface area contributed by atoms with Gasteiger partial charge >= 0.3 is 0 Å². The second-order valence-electron chi connectivity index (χ2n) is 7.36. The Morgan fingerprint density at radius 1 is 1.10 bits per heavy atom. The van der Waals surface area contributed by atoms with Gasteiger partial charge in [-0.3, -0.25) is 4.79 Å². The van der Waals surface area contributed by atoms with Crippen LogP contribution in [-0.4, -0.2) is 42.3 Å². The van der Waals surface area contributed by atoms with Gasteiger partial charge in [-0.15, -0.1) is 0 Å². The van der Waals surface area contributed by atoms with Crippen LogP contribution in [0, 0.1) is 6.92 Å². The molecule has 1 aromatic heterocycles. The third kappa shape index (κ3) is 4.83. The summed E-state index contributed by atoms with van der Waals surface area (Å²) in [6.07, 6.45) is 0.691. The van der Waals surface area contributed by atoms with Crippen LogP contribution >= 0.6 is 0 Å². The Hall–Kier alpha value is -2.84. The second-order valence-corrected chi connectivity index (χ2v) is 9.07. The molecule has 3 aromatic rings. The molecule has 1 unspecified atom stereocenters. The fourth-order valence-electron chi connectivity index (χ4n) is 3.06. The fraction of sp³-hybridized carbons (Fsp3) is 0.318. The van der Waals surface area contributed by atoms with E-state index in [1.165, 1.54) is 29.2 Å². The summed E-state index contributed by atoms with van der Waals surface area (Å²) in [5.74, 6) is 0.322. The first kappa shape index (κ1) is 21.9. The number of benzene rings is 2. The topological polar surface area (TPSA) is 92.3 Å². The Labute approximate surface area is 177 Å². The summed E-state index contributed by atoms with van der Waals surface area (Å²) in [5, 5.41) is 0.984. The average Bonchev–Trinajstić information content (AvgIpc) is 2.73. The number of para-hydroxylation sites is 1. The maximum atomic E-state index is 12.8. The summed E-state index contributed by atoms with van der Waals surface area (Å²) in [6, 6.07) is 13.5. The summed E-state index contributed by atoms with van der Waals surface area (Å²) in [5.41, 5.74) is 2.10. The zero-order valence-corrected chi connectivity index (χ0v) is 18.4. The average molecular weight is 427 g/mol. The molecule has 0 aliphatic carbocycles. The van der Waals surface area contributed by atoms with Gasteiger partial charge in [-0.25, -0.2) is 23.1 Å². The lowest BCUT2D eigenvalue weighted by atomic mass is 10.2. The summed E-state index contributed by atoms with van der Waals surface area (Å²) >= 11 is 0. The zero-order valence-electron chi connectivity index (χ0n) is 17.6. The van der Waals surface area contributed by atoms with E-state index in [1.807, 2.05) is 38.1 Å². The molecule has 1 atom stereocenters. The second kappa shape index (κ2) is 8.89. The van der Waals surface area contributed by atoms with Crippen molar-refractivity contribution >= 4 is 26.8 Å². The van der Waals surface area contributed by atoms with Gasteiger partial charge < -0.3 is 4.90 Å². The number of amides is 1. The quantitative estimate of drug-likeness (QED) is 0.626. The highest BCUT2D eigenvalue weighted by Gasteiger charge is 2.19. The van der Waals surface area contributed by atoms with E-state index >= 15 is 0 Å². The lowest BCUT2D eigenvalue weighted by molar-refractivity contribution is 0.0781. The van der Waals surface area contributed by atoms with Crippen LogP contribution in [-0.2, 0) is 16.6 Å². The maximum absolute atomic E-state index is 12.8. The molecule has 3 rings (SSSR count). The molecule has 8 heteroatoms. The number of aryl methyl sites for hydroxylation is 1. The van der Waals surface area contributed by atoms with E-state index in [1.54, 1.807) is 14.0 Å². The molecule has 0 fully saturated rings. The van der Waals surface area contributed by atoms with Crippen LogP contribution in [0.4, 0.5) is 0 Å². The number of fused-ring (bicyclic) bond motifs is 1. The van der Waals surface area contributed by atoms with Crippen molar-refractivity contribution in [3.05, 3.63) is 65.6 Å². The molecule has 1 heterocycles. The van der Waals surface area contributed by atoms with Crippen LogP contribution in [0.5, 0.6) is 0 Å². The normalized spacial score (nSPS) is 12.7. The van der Waals surface area contributed by atoms with Gasteiger partial charge in [0.25, 0.3) is 5.91 Å². The van der Waals surface area contributed by atoms with E-state index in [0.717, 1.165) is 16.6 Å². The first-order chi connectivity index (χ1) is 14.2. The Kier molecular flexibility index (Phi) is 6.48. The minimum absolute atomic E-state index is 0.135. The first-order valence-electron chi connectivity index (χ1n) is 9.81.